The highest BCUT2D eigenvalue weighted by Crippen LogP contribution is 2.29. The van der Waals surface area contributed by atoms with E-state index in [9.17, 15) is 14.7 Å². The Morgan fingerprint density at radius 3 is 2.70 bits per heavy atom. The summed E-state index contributed by atoms with van der Waals surface area (Å²) in [6.45, 7) is 4.20. The van der Waals surface area contributed by atoms with Crippen molar-refractivity contribution in [3.8, 4) is 0 Å². The summed E-state index contributed by atoms with van der Waals surface area (Å²) in [4.78, 5) is 25.9. The Morgan fingerprint density at radius 2 is 2.00 bits per heavy atom. The minimum absolute atomic E-state index is 0.0111. The van der Waals surface area contributed by atoms with Gasteiger partial charge in [0.05, 0.1) is 17.5 Å². The van der Waals surface area contributed by atoms with Crippen molar-refractivity contribution in [2.45, 2.75) is 52.1 Å². The largest absolute Gasteiger partial charge is 0.393 e. The zero-order chi connectivity index (χ0) is 16.8. The van der Waals surface area contributed by atoms with Crippen LogP contribution in [0.3, 0.4) is 0 Å². The molecule has 0 radical (unpaired) electrons. The first-order valence-corrected chi connectivity index (χ1v) is 9.12. The predicted octanol–water partition coefficient (Wildman–Crippen LogP) is 1.88. The first-order valence-electron chi connectivity index (χ1n) is 8.30. The fourth-order valence-corrected chi connectivity index (χ4v) is 4.04. The normalized spacial score (nSPS) is 16.3. The molecule has 2 unspecified atom stereocenters. The summed E-state index contributed by atoms with van der Waals surface area (Å²) in [5.41, 5.74) is 1.29. The fourth-order valence-electron chi connectivity index (χ4n) is 2.87. The molecule has 2 atom stereocenters. The minimum atomic E-state index is -0.369. The van der Waals surface area contributed by atoms with E-state index >= 15 is 0 Å². The Bertz CT molecular complexity index is 531. The average Bonchev–Trinajstić information content (AvgIpc) is 2.94. The van der Waals surface area contributed by atoms with Crippen LogP contribution >= 0.6 is 11.3 Å². The van der Waals surface area contributed by atoms with Crippen LogP contribution < -0.4 is 10.6 Å². The lowest BCUT2D eigenvalue weighted by Gasteiger charge is -2.14. The van der Waals surface area contributed by atoms with Gasteiger partial charge in [-0.3, -0.25) is 9.59 Å². The number of hydrogen-bond acceptors (Lipinski definition) is 4. The Balaban J connectivity index is 1.73. The molecule has 5 nitrogen and oxygen atoms in total. The van der Waals surface area contributed by atoms with Crippen LogP contribution in [0.4, 0.5) is 0 Å². The molecule has 1 aliphatic carbocycles. The van der Waals surface area contributed by atoms with E-state index < -0.39 is 0 Å². The quantitative estimate of drug-likeness (QED) is 0.710. The number of amides is 2. The molecule has 0 aliphatic heterocycles. The van der Waals surface area contributed by atoms with Gasteiger partial charge in [-0.25, -0.2) is 0 Å². The van der Waals surface area contributed by atoms with Gasteiger partial charge in [0.1, 0.15) is 0 Å². The van der Waals surface area contributed by atoms with Crippen molar-refractivity contribution in [3.63, 3.8) is 0 Å². The SMILES string of the molecule is CC(O)CC(C)CNC(=O)CNC(=O)c1cc2c(s1)CCCC2. The van der Waals surface area contributed by atoms with Gasteiger partial charge in [0, 0.05) is 11.4 Å². The lowest BCUT2D eigenvalue weighted by atomic mass is 9.99. The van der Waals surface area contributed by atoms with Gasteiger partial charge < -0.3 is 15.7 Å². The van der Waals surface area contributed by atoms with E-state index in [0.717, 1.165) is 12.8 Å². The highest BCUT2D eigenvalue weighted by molar-refractivity contribution is 7.14. The smallest absolute Gasteiger partial charge is 0.261 e. The molecule has 0 aromatic carbocycles. The molecule has 1 aromatic rings. The molecule has 6 heteroatoms. The van der Waals surface area contributed by atoms with E-state index in [0.29, 0.717) is 17.8 Å². The number of rotatable bonds is 7. The molecule has 3 N–H and O–H groups in total. The van der Waals surface area contributed by atoms with Crippen molar-refractivity contribution in [2.75, 3.05) is 13.1 Å². The first kappa shape index (κ1) is 17.9. The van der Waals surface area contributed by atoms with Crippen LogP contribution in [0.2, 0.25) is 0 Å². The molecule has 23 heavy (non-hydrogen) atoms. The number of aliphatic hydroxyl groups is 1. The number of aliphatic hydroxyl groups excluding tert-OH is 1. The molecular formula is C17H26N2O3S. The number of thiophene rings is 1. The highest BCUT2D eigenvalue weighted by Gasteiger charge is 2.17. The second-order valence-corrected chi connectivity index (χ2v) is 7.58. The third-order valence-corrected chi connectivity index (χ3v) is 5.26. The minimum Gasteiger partial charge on any atom is -0.393 e. The van der Waals surface area contributed by atoms with Crippen LogP contribution in [-0.2, 0) is 17.6 Å². The Kier molecular flexibility index (Phi) is 6.59. The number of fused-ring (bicyclic) bond motifs is 1. The van der Waals surface area contributed by atoms with Crippen molar-refractivity contribution in [3.05, 3.63) is 21.4 Å². The van der Waals surface area contributed by atoms with Crippen LogP contribution in [0.15, 0.2) is 6.07 Å². The van der Waals surface area contributed by atoms with E-state index in [2.05, 4.69) is 10.6 Å². The monoisotopic (exact) mass is 338 g/mol. The summed E-state index contributed by atoms with van der Waals surface area (Å²) in [6, 6.07) is 1.97. The summed E-state index contributed by atoms with van der Waals surface area (Å²) in [7, 11) is 0. The molecule has 2 amide bonds. The molecular weight excluding hydrogens is 312 g/mol. The third-order valence-electron chi connectivity index (χ3n) is 4.02. The zero-order valence-corrected chi connectivity index (χ0v) is 14.7. The summed E-state index contributed by atoms with van der Waals surface area (Å²) < 4.78 is 0. The van der Waals surface area contributed by atoms with Crippen LogP contribution in [0, 0.1) is 5.92 Å². The van der Waals surface area contributed by atoms with E-state index in [1.807, 2.05) is 13.0 Å². The summed E-state index contributed by atoms with van der Waals surface area (Å²) in [5, 5.41) is 14.8. The summed E-state index contributed by atoms with van der Waals surface area (Å²) in [5.74, 6) is -0.160. The molecule has 128 valence electrons. The van der Waals surface area contributed by atoms with Gasteiger partial charge in [-0.05, 0) is 56.6 Å². The van der Waals surface area contributed by atoms with Crippen LogP contribution in [-0.4, -0.2) is 36.1 Å². The molecule has 0 spiro atoms. The molecule has 1 aliphatic rings. The Hall–Kier alpha value is -1.40. The predicted molar refractivity (Wildman–Crippen MR) is 91.8 cm³/mol. The number of hydrogen-bond donors (Lipinski definition) is 3. The van der Waals surface area contributed by atoms with Crippen LogP contribution in [0.5, 0.6) is 0 Å². The number of nitrogens with one attached hydrogen (secondary N) is 2. The molecule has 0 saturated carbocycles. The second-order valence-electron chi connectivity index (χ2n) is 6.44. The van der Waals surface area contributed by atoms with Crippen molar-refractivity contribution < 1.29 is 14.7 Å². The zero-order valence-electron chi connectivity index (χ0n) is 13.9. The molecule has 2 rings (SSSR count). The van der Waals surface area contributed by atoms with Gasteiger partial charge in [-0.15, -0.1) is 11.3 Å². The molecule has 1 aromatic heterocycles. The van der Waals surface area contributed by atoms with E-state index in [4.69, 9.17) is 0 Å². The van der Waals surface area contributed by atoms with Gasteiger partial charge in [-0.1, -0.05) is 6.92 Å². The van der Waals surface area contributed by atoms with Gasteiger partial charge in [0.2, 0.25) is 5.91 Å². The van der Waals surface area contributed by atoms with Crippen molar-refractivity contribution >= 4 is 23.2 Å². The lowest BCUT2D eigenvalue weighted by molar-refractivity contribution is -0.120. The van der Waals surface area contributed by atoms with E-state index in [1.54, 1.807) is 18.3 Å². The average molecular weight is 338 g/mol. The number of carbonyl (C=O) groups excluding carboxylic acids is 2. The van der Waals surface area contributed by atoms with Crippen LogP contribution in [0.1, 0.15) is 53.2 Å². The molecule has 0 saturated heterocycles. The maximum atomic E-state index is 12.1. The summed E-state index contributed by atoms with van der Waals surface area (Å²) in [6.07, 6.45) is 4.79. The molecule has 0 bridgehead atoms. The molecule has 1 heterocycles. The Morgan fingerprint density at radius 1 is 1.26 bits per heavy atom. The maximum Gasteiger partial charge on any atom is 0.261 e. The number of carbonyl (C=O) groups is 2. The lowest BCUT2D eigenvalue weighted by Crippen LogP contribution is -2.38. The van der Waals surface area contributed by atoms with Gasteiger partial charge >= 0.3 is 0 Å². The fraction of sp³-hybridized carbons (Fsp3) is 0.647. The number of aryl methyl sites for hydroxylation is 2. The van der Waals surface area contributed by atoms with Crippen LogP contribution in [0.25, 0.3) is 0 Å². The maximum absolute atomic E-state index is 12.1. The topological polar surface area (TPSA) is 78.4 Å². The van der Waals surface area contributed by atoms with E-state index in [-0.39, 0.29) is 30.4 Å². The summed E-state index contributed by atoms with van der Waals surface area (Å²) >= 11 is 1.55. The highest BCUT2D eigenvalue weighted by atomic mass is 32.1. The Labute approximate surface area is 141 Å². The van der Waals surface area contributed by atoms with Gasteiger partial charge in [0.25, 0.3) is 5.91 Å². The first-order chi connectivity index (χ1) is 11.0. The second kappa shape index (κ2) is 8.45. The van der Waals surface area contributed by atoms with E-state index in [1.165, 1.54) is 23.3 Å². The third kappa shape index (κ3) is 5.62. The van der Waals surface area contributed by atoms with Gasteiger partial charge in [0.15, 0.2) is 0 Å². The standard InChI is InChI=1S/C17H26N2O3S/c1-11(7-12(2)20)9-18-16(21)10-19-17(22)15-8-13-5-3-4-6-14(13)23-15/h8,11-12,20H,3-7,9-10H2,1-2H3,(H,18,21)(H,19,22). The van der Waals surface area contributed by atoms with Gasteiger partial charge in [-0.2, -0.15) is 0 Å². The van der Waals surface area contributed by atoms with Crippen molar-refractivity contribution in [2.24, 2.45) is 5.92 Å². The van der Waals surface area contributed by atoms with Crippen molar-refractivity contribution in [1.29, 1.82) is 0 Å². The molecule has 0 fully saturated rings. The van der Waals surface area contributed by atoms with Crippen molar-refractivity contribution in [1.82, 2.24) is 10.6 Å².